The second kappa shape index (κ2) is 24.9. The predicted molar refractivity (Wildman–Crippen MR) is 67.8 cm³/mol. The minimum absolute atomic E-state index is 0. The van der Waals surface area contributed by atoms with E-state index in [4.69, 9.17) is 61.4 Å². The third-order valence-electron chi connectivity index (χ3n) is 1.45. The Morgan fingerprint density at radius 2 is 1.10 bits per heavy atom. The molecule has 1 atom stereocenters. The largest absolute Gasteiger partial charge is 1.00 e. The number of hydrogen-bond acceptors (Lipinski definition) is 11. The van der Waals surface area contributed by atoms with Gasteiger partial charge in [-0.05, 0) is 0 Å². The molecule has 0 fully saturated rings. The number of rotatable bonds is 6. The van der Waals surface area contributed by atoms with E-state index < -0.39 is 63.4 Å². The van der Waals surface area contributed by atoms with Crippen LogP contribution < -0.4 is 136 Å². The molecule has 1 unspecified atom stereocenters. The van der Waals surface area contributed by atoms with Crippen molar-refractivity contribution in [3.8, 4) is 0 Å². The van der Waals surface area contributed by atoms with Crippen molar-refractivity contribution in [1.82, 2.24) is 0 Å². The van der Waals surface area contributed by atoms with Crippen LogP contribution in [0.1, 0.15) is 12.8 Å². The van der Waals surface area contributed by atoms with Crippen molar-refractivity contribution >= 4 is 45.0 Å². The number of hydrogen-bond donors (Lipinski definition) is 6. The van der Waals surface area contributed by atoms with Crippen molar-refractivity contribution in [3.63, 3.8) is 0 Å². The van der Waals surface area contributed by atoms with E-state index in [2.05, 4.69) is 0 Å². The van der Waals surface area contributed by atoms with Gasteiger partial charge in [0, 0.05) is 0 Å². The first-order valence-electron chi connectivity index (χ1n) is 4.94. The number of halogens is 1. The average Bonchev–Trinajstić information content (AvgIpc) is 2.22. The molecule has 0 saturated heterocycles. The molecule has 0 spiro atoms. The Balaban J connectivity index is -0.0000000413. The summed E-state index contributed by atoms with van der Waals surface area (Å²) in [6.07, 6.45) is -2.29. The molecule has 0 aliphatic carbocycles. The zero-order valence-corrected chi connectivity index (χ0v) is 27.1. The van der Waals surface area contributed by atoms with E-state index in [0.717, 1.165) is 0 Å². The first kappa shape index (κ1) is 53.9. The van der Waals surface area contributed by atoms with Crippen molar-refractivity contribution in [2.75, 3.05) is 0 Å². The molecule has 30 heavy (non-hydrogen) atoms. The molecular weight excluding hydrogens is 551 g/mol. The Kier molecular flexibility index (Phi) is 44.8. The number of aliphatic hydroxyl groups is 1. The van der Waals surface area contributed by atoms with Gasteiger partial charge in [0.25, 0.3) is 7.82 Å². The van der Waals surface area contributed by atoms with Gasteiger partial charge in [-0.15, -0.1) is 0 Å². The molecular formula is C6H10ClNa4O16PS2. The van der Waals surface area contributed by atoms with Gasteiger partial charge in [-0.3, -0.25) is 18.4 Å². The van der Waals surface area contributed by atoms with E-state index in [1.807, 2.05) is 0 Å². The number of carbonyl (C=O) groups is 3. The molecule has 158 valence electrons. The van der Waals surface area contributed by atoms with Crippen molar-refractivity contribution in [2.45, 2.75) is 18.4 Å². The molecule has 24 heteroatoms. The van der Waals surface area contributed by atoms with E-state index in [9.17, 15) is 14.4 Å². The van der Waals surface area contributed by atoms with Gasteiger partial charge in [-0.25, -0.2) is 13.2 Å². The van der Waals surface area contributed by atoms with Gasteiger partial charge < -0.3 is 56.6 Å². The standard InChI is InChI=1S/C6H8O7.ClH.4Na.H2O5S2.H3O4P/c7-3(8)1-6(13,5(11)12)2-4(9)10;;;;;;1-6(2)7(3,4)5;1-5(2,3)4/h13H,1-2H2,(H,7,8)(H,9,10)(H,11,12);1H;;;;;(H,1,2)(H,3,4,5);(H3,1,2,3,4)/q;;4*+1;;/p-4. The Hall–Kier alpha value is 2.79. The normalized spacial score (nSPS) is 10.5. The Bertz CT molecular complexity index is 642. The summed E-state index contributed by atoms with van der Waals surface area (Å²) in [5.74, 6) is -5.02. The maximum Gasteiger partial charge on any atom is 1.00 e. The van der Waals surface area contributed by atoms with Crippen LogP contribution in [0.15, 0.2) is 0 Å². The first-order valence-corrected chi connectivity index (χ1v) is 9.47. The SMILES string of the molecule is O=C(O)CC(O)(CC(=O)O)C(=O)O.O=P([O-])(O)O.O=S([O-])S(=O)(=O)[O-].[Cl-].[Na+].[Na+].[Na+].[Na+]. The average molecular weight is 561 g/mol. The quantitative estimate of drug-likeness (QED) is 0.0577. The van der Waals surface area contributed by atoms with Crippen LogP contribution in [-0.2, 0) is 38.2 Å². The number of aliphatic carboxylic acids is 3. The molecule has 0 aromatic rings. The van der Waals surface area contributed by atoms with Gasteiger partial charge in [0.05, 0.1) is 23.0 Å². The van der Waals surface area contributed by atoms with Crippen LogP contribution in [-0.4, -0.2) is 75.5 Å². The topological polar surface area (TPSA) is 310 Å². The van der Waals surface area contributed by atoms with Gasteiger partial charge in [-0.2, -0.15) is 0 Å². The molecule has 0 rings (SSSR count). The molecule has 0 aromatic heterocycles. The van der Waals surface area contributed by atoms with Crippen molar-refractivity contribution < 1.29 is 206 Å². The first-order chi connectivity index (χ1) is 10.7. The molecule has 16 nitrogen and oxygen atoms in total. The zero-order valence-electron chi connectivity index (χ0n) is 15.8. The molecule has 0 aromatic carbocycles. The maximum atomic E-state index is 10.3. The molecule has 0 aliphatic rings. The van der Waals surface area contributed by atoms with Crippen LogP contribution in [0.25, 0.3) is 0 Å². The van der Waals surface area contributed by atoms with E-state index in [0.29, 0.717) is 0 Å². The minimum Gasteiger partial charge on any atom is -1.00 e. The van der Waals surface area contributed by atoms with Gasteiger partial charge in [0.2, 0.25) is 0 Å². The maximum absolute atomic E-state index is 10.3. The summed E-state index contributed by atoms with van der Waals surface area (Å²) < 4.78 is 54.5. The van der Waals surface area contributed by atoms with Crippen LogP contribution in [0.4, 0.5) is 0 Å². The van der Waals surface area contributed by atoms with E-state index in [1.165, 1.54) is 0 Å². The fourth-order valence-corrected chi connectivity index (χ4v) is 0.714. The fraction of sp³-hybridized carbons (Fsp3) is 0.500. The molecule has 6 N–H and O–H groups in total. The van der Waals surface area contributed by atoms with Crippen LogP contribution in [0, 0.1) is 0 Å². The summed E-state index contributed by atoms with van der Waals surface area (Å²) in [5.41, 5.74) is -2.74. The fourth-order valence-electron chi connectivity index (χ4n) is 0.714. The van der Waals surface area contributed by atoms with Crippen LogP contribution in [0.2, 0.25) is 0 Å². The van der Waals surface area contributed by atoms with E-state index in [1.54, 1.807) is 0 Å². The van der Waals surface area contributed by atoms with E-state index in [-0.39, 0.29) is 131 Å². The third-order valence-corrected chi connectivity index (χ3v) is 2.79. The van der Waals surface area contributed by atoms with Crippen LogP contribution in [0.3, 0.4) is 0 Å². The zero-order chi connectivity index (χ0) is 21.2. The monoisotopic (exact) mass is 560 g/mol. The molecule has 0 saturated carbocycles. The van der Waals surface area contributed by atoms with Crippen molar-refractivity contribution in [2.24, 2.45) is 0 Å². The number of phosphoric acid groups is 1. The smallest absolute Gasteiger partial charge is 1.00 e. The molecule has 0 amide bonds. The second-order valence-corrected chi connectivity index (χ2v) is 7.83. The van der Waals surface area contributed by atoms with Crippen molar-refractivity contribution in [1.29, 1.82) is 0 Å². The van der Waals surface area contributed by atoms with Crippen LogP contribution >= 0.6 is 7.82 Å². The summed E-state index contributed by atoms with van der Waals surface area (Å²) >= 11 is 0. The van der Waals surface area contributed by atoms with E-state index >= 15 is 0 Å². The second-order valence-electron chi connectivity index (χ2n) is 3.58. The van der Waals surface area contributed by atoms with Crippen molar-refractivity contribution in [3.05, 3.63) is 0 Å². The summed E-state index contributed by atoms with van der Waals surface area (Å²) in [6.45, 7) is 0. The number of carboxylic acid groups (broad SMARTS) is 3. The van der Waals surface area contributed by atoms with Gasteiger partial charge in [-0.1, -0.05) is 0 Å². The van der Waals surface area contributed by atoms with Gasteiger partial charge in [0.15, 0.2) is 14.8 Å². The van der Waals surface area contributed by atoms with Gasteiger partial charge >= 0.3 is 136 Å². The number of carboxylic acids is 3. The predicted octanol–water partition coefficient (Wildman–Crippen LogP) is -19.5. The molecule has 0 bridgehead atoms. The molecule has 0 aliphatic heterocycles. The summed E-state index contributed by atoms with van der Waals surface area (Å²) in [6, 6.07) is 0. The Morgan fingerprint density at radius 1 is 0.933 bits per heavy atom. The van der Waals surface area contributed by atoms with Crippen LogP contribution in [0.5, 0.6) is 0 Å². The summed E-state index contributed by atoms with van der Waals surface area (Å²) in [5, 5.41) is 33.8. The minimum atomic E-state index is -5.07. The Morgan fingerprint density at radius 3 is 1.17 bits per heavy atom. The summed E-state index contributed by atoms with van der Waals surface area (Å²) in [7, 11) is -13.5. The Labute approximate surface area is 265 Å². The third kappa shape index (κ3) is 44.5. The molecule has 0 heterocycles. The summed E-state index contributed by atoms with van der Waals surface area (Å²) in [4.78, 5) is 53.4. The van der Waals surface area contributed by atoms with Gasteiger partial charge in [0.1, 0.15) is 0 Å². The molecule has 0 radical (unpaired) electrons.